The van der Waals surface area contributed by atoms with Crippen LogP contribution in [-0.2, 0) is 6.42 Å². The lowest BCUT2D eigenvalue weighted by molar-refractivity contribution is 0.0662. The molecular formula is C12H9BrClNO3. The van der Waals surface area contributed by atoms with Crippen LogP contribution < -0.4 is 0 Å². The number of carboxylic acids is 1. The summed E-state index contributed by atoms with van der Waals surface area (Å²) in [6, 6.07) is 5.15. The van der Waals surface area contributed by atoms with Crippen molar-refractivity contribution >= 4 is 33.5 Å². The van der Waals surface area contributed by atoms with Crippen LogP contribution >= 0.6 is 27.5 Å². The van der Waals surface area contributed by atoms with Crippen LogP contribution in [0.5, 0.6) is 0 Å². The van der Waals surface area contributed by atoms with E-state index in [9.17, 15) is 4.79 Å². The predicted octanol–water partition coefficient (Wildman–Crippen LogP) is 4.02. The Morgan fingerprint density at radius 1 is 1.56 bits per heavy atom. The van der Waals surface area contributed by atoms with Gasteiger partial charge in [-0.3, -0.25) is 0 Å². The molecule has 0 aliphatic heterocycles. The molecule has 1 aromatic carbocycles. The molecule has 2 aromatic rings. The molecule has 0 aliphatic rings. The Balaban J connectivity index is 2.57. The number of halogens is 2. The summed E-state index contributed by atoms with van der Waals surface area (Å²) in [6.07, 6.45) is 0.489. The highest BCUT2D eigenvalue weighted by molar-refractivity contribution is 9.10. The largest absolute Gasteiger partial charge is 0.475 e. The molecule has 1 N–H and O–H groups in total. The van der Waals surface area contributed by atoms with Crippen molar-refractivity contribution in [3.63, 3.8) is 0 Å². The van der Waals surface area contributed by atoms with Gasteiger partial charge in [-0.15, -0.1) is 0 Å². The van der Waals surface area contributed by atoms with E-state index < -0.39 is 5.97 Å². The summed E-state index contributed by atoms with van der Waals surface area (Å²) in [4.78, 5) is 15.2. The summed E-state index contributed by atoms with van der Waals surface area (Å²) in [5.74, 6) is -0.998. The average Bonchev–Trinajstić information content (AvgIpc) is 2.76. The maximum absolute atomic E-state index is 11.0. The van der Waals surface area contributed by atoms with Gasteiger partial charge in [-0.05, 0) is 40.5 Å². The monoisotopic (exact) mass is 329 g/mol. The molecular weight excluding hydrogens is 321 g/mol. The SMILES string of the molecule is CCc1nc(-c2cc(Cl)ccc2Br)oc1C(=O)O. The summed E-state index contributed by atoms with van der Waals surface area (Å²) in [6.45, 7) is 1.82. The van der Waals surface area contributed by atoms with Crippen molar-refractivity contribution in [3.8, 4) is 11.5 Å². The molecule has 2 rings (SSSR count). The number of hydrogen-bond donors (Lipinski definition) is 1. The molecule has 0 radical (unpaired) electrons. The first-order valence-electron chi connectivity index (χ1n) is 5.21. The zero-order valence-electron chi connectivity index (χ0n) is 9.41. The van der Waals surface area contributed by atoms with E-state index in [2.05, 4.69) is 20.9 Å². The molecule has 0 saturated heterocycles. The molecule has 6 heteroatoms. The smallest absolute Gasteiger partial charge is 0.373 e. The van der Waals surface area contributed by atoms with Crippen LogP contribution in [0.15, 0.2) is 27.1 Å². The van der Waals surface area contributed by atoms with Gasteiger partial charge in [0.1, 0.15) is 0 Å². The van der Waals surface area contributed by atoms with E-state index in [1.807, 2.05) is 6.92 Å². The lowest BCUT2D eigenvalue weighted by Gasteiger charge is -1.99. The molecule has 18 heavy (non-hydrogen) atoms. The van der Waals surface area contributed by atoms with E-state index in [0.717, 1.165) is 4.47 Å². The van der Waals surface area contributed by atoms with Crippen LogP contribution in [0.1, 0.15) is 23.2 Å². The second-order valence-corrected chi connectivity index (χ2v) is 4.87. The van der Waals surface area contributed by atoms with E-state index in [0.29, 0.717) is 22.7 Å². The highest BCUT2D eigenvalue weighted by Crippen LogP contribution is 2.31. The molecule has 0 bridgehead atoms. The Hall–Kier alpha value is -1.33. The Morgan fingerprint density at radius 3 is 2.83 bits per heavy atom. The van der Waals surface area contributed by atoms with E-state index in [4.69, 9.17) is 21.1 Å². The molecule has 0 unspecified atom stereocenters. The quantitative estimate of drug-likeness (QED) is 0.923. The van der Waals surface area contributed by atoms with Gasteiger partial charge in [-0.1, -0.05) is 18.5 Å². The molecule has 1 heterocycles. The van der Waals surface area contributed by atoms with Crippen LogP contribution in [0.4, 0.5) is 0 Å². The normalized spacial score (nSPS) is 10.6. The number of hydrogen-bond acceptors (Lipinski definition) is 3. The van der Waals surface area contributed by atoms with Crippen LogP contribution in [0.3, 0.4) is 0 Å². The van der Waals surface area contributed by atoms with Gasteiger partial charge in [0.25, 0.3) is 0 Å². The highest BCUT2D eigenvalue weighted by Gasteiger charge is 2.20. The maximum Gasteiger partial charge on any atom is 0.373 e. The van der Waals surface area contributed by atoms with Crippen molar-refractivity contribution in [2.45, 2.75) is 13.3 Å². The number of benzene rings is 1. The minimum absolute atomic E-state index is 0.126. The number of nitrogens with zero attached hydrogens (tertiary/aromatic N) is 1. The number of aryl methyl sites for hydroxylation is 1. The van der Waals surface area contributed by atoms with Crippen molar-refractivity contribution in [1.82, 2.24) is 4.98 Å². The fourth-order valence-electron chi connectivity index (χ4n) is 1.54. The second kappa shape index (κ2) is 5.12. The first-order chi connectivity index (χ1) is 8.52. The predicted molar refractivity (Wildman–Crippen MR) is 71.0 cm³/mol. The zero-order valence-corrected chi connectivity index (χ0v) is 11.7. The number of carbonyl (C=O) groups is 1. The van der Waals surface area contributed by atoms with Gasteiger partial charge in [-0.2, -0.15) is 0 Å². The van der Waals surface area contributed by atoms with Crippen molar-refractivity contribution in [2.24, 2.45) is 0 Å². The number of oxazole rings is 1. The van der Waals surface area contributed by atoms with Gasteiger partial charge in [0.05, 0.1) is 11.3 Å². The standard InChI is InChI=1S/C12H9BrClNO3/c1-2-9-10(12(16)17)18-11(15-9)7-5-6(14)3-4-8(7)13/h3-5H,2H2,1H3,(H,16,17). The Morgan fingerprint density at radius 2 is 2.28 bits per heavy atom. The van der Waals surface area contributed by atoms with Gasteiger partial charge in [0.2, 0.25) is 11.7 Å². The lowest BCUT2D eigenvalue weighted by Crippen LogP contribution is -1.98. The fourth-order valence-corrected chi connectivity index (χ4v) is 2.12. The van der Waals surface area contributed by atoms with Crippen molar-refractivity contribution in [2.75, 3.05) is 0 Å². The lowest BCUT2D eigenvalue weighted by atomic mass is 10.2. The molecule has 0 aliphatic carbocycles. The molecule has 4 nitrogen and oxygen atoms in total. The molecule has 0 saturated carbocycles. The molecule has 0 fully saturated rings. The molecule has 1 aromatic heterocycles. The van der Waals surface area contributed by atoms with Crippen LogP contribution in [-0.4, -0.2) is 16.1 Å². The number of carboxylic acid groups (broad SMARTS) is 1. The summed E-state index contributed by atoms with van der Waals surface area (Å²) >= 11 is 9.26. The Labute approximate surface area is 117 Å². The minimum Gasteiger partial charge on any atom is -0.475 e. The average molecular weight is 331 g/mol. The molecule has 0 spiro atoms. The summed E-state index contributed by atoms with van der Waals surface area (Å²) < 4.78 is 6.03. The van der Waals surface area contributed by atoms with E-state index in [1.54, 1.807) is 18.2 Å². The van der Waals surface area contributed by atoms with Crippen LogP contribution in [0.2, 0.25) is 5.02 Å². The van der Waals surface area contributed by atoms with Crippen molar-refractivity contribution in [3.05, 3.63) is 39.1 Å². The Bertz CT molecular complexity index is 609. The highest BCUT2D eigenvalue weighted by atomic mass is 79.9. The van der Waals surface area contributed by atoms with Crippen LogP contribution in [0.25, 0.3) is 11.5 Å². The van der Waals surface area contributed by atoms with Gasteiger partial charge < -0.3 is 9.52 Å². The zero-order chi connectivity index (χ0) is 13.3. The topological polar surface area (TPSA) is 63.3 Å². The third-order valence-corrected chi connectivity index (χ3v) is 3.31. The summed E-state index contributed by atoms with van der Waals surface area (Å²) in [5.41, 5.74) is 1.05. The second-order valence-electron chi connectivity index (χ2n) is 3.58. The number of rotatable bonds is 3. The van der Waals surface area contributed by atoms with E-state index in [1.165, 1.54) is 0 Å². The fraction of sp³-hybridized carbons (Fsp3) is 0.167. The minimum atomic E-state index is -1.12. The third-order valence-electron chi connectivity index (χ3n) is 2.39. The number of aromatic carboxylic acids is 1. The summed E-state index contributed by atoms with van der Waals surface area (Å²) in [5, 5.41) is 9.54. The number of aromatic nitrogens is 1. The van der Waals surface area contributed by atoms with E-state index >= 15 is 0 Å². The molecule has 0 amide bonds. The first-order valence-corrected chi connectivity index (χ1v) is 6.38. The van der Waals surface area contributed by atoms with Gasteiger partial charge in [0.15, 0.2) is 0 Å². The molecule has 0 atom stereocenters. The van der Waals surface area contributed by atoms with Gasteiger partial charge >= 0.3 is 5.97 Å². The first kappa shape index (κ1) is 13.1. The maximum atomic E-state index is 11.0. The van der Waals surface area contributed by atoms with Crippen molar-refractivity contribution in [1.29, 1.82) is 0 Å². The summed E-state index contributed by atoms with van der Waals surface area (Å²) in [7, 11) is 0. The molecule has 94 valence electrons. The van der Waals surface area contributed by atoms with Gasteiger partial charge in [-0.25, -0.2) is 9.78 Å². The van der Waals surface area contributed by atoms with Gasteiger partial charge in [0, 0.05) is 9.50 Å². The Kier molecular flexibility index (Phi) is 3.73. The van der Waals surface area contributed by atoms with Crippen LogP contribution in [0, 0.1) is 0 Å². The van der Waals surface area contributed by atoms with Crippen molar-refractivity contribution < 1.29 is 14.3 Å². The van der Waals surface area contributed by atoms with E-state index in [-0.39, 0.29) is 11.7 Å². The third kappa shape index (κ3) is 2.42.